The first-order valence-electron chi connectivity index (χ1n) is 10.4. The van der Waals surface area contributed by atoms with E-state index < -0.39 is 0 Å². The Bertz CT molecular complexity index is 817. The van der Waals surface area contributed by atoms with E-state index in [0.717, 1.165) is 55.6 Å². The highest BCUT2D eigenvalue weighted by molar-refractivity contribution is 5.93. The maximum atomic E-state index is 5.37. The molecule has 0 amide bonds. The standard InChI is InChI=1S/C21H32N6O2/c1-4-22-21(24-16-11-12-17(28-2)18(15-16)29-3)23-13-8-10-20-26-25-19-9-6-5-7-14-27(19)20/h11-12,15H,4-10,13-14H2,1-3H3,(H2,22,23,24). The van der Waals surface area contributed by atoms with Gasteiger partial charge in [-0.2, -0.15) is 0 Å². The number of anilines is 1. The van der Waals surface area contributed by atoms with Crippen LogP contribution in [0.1, 0.15) is 44.3 Å². The molecule has 2 N–H and O–H groups in total. The SMILES string of the molecule is CCNC(=NCCCc1nnc2n1CCCCC2)Nc1ccc(OC)c(OC)c1. The van der Waals surface area contributed by atoms with Crippen molar-refractivity contribution < 1.29 is 9.47 Å². The van der Waals surface area contributed by atoms with Crippen LogP contribution >= 0.6 is 0 Å². The van der Waals surface area contributed by atoms with Crippen LogP contribution in [0.25, 0.3) is 0 Å². The van der Waals surface area contributed by atoms with E-state index in [4.69, 9.17) is 14.5 Å². The zero-order chi connectivity index (χ0) is 20.5. The van der Waals surface area contributed by atoms with E-state index in [2.05, 4.69) is 32.3 Å². The summed E-state index contributed by atoms with van der Waals surface area (Å²) >= 11 is 0. The molecule has 0 unspecified atom stereocenters. The Hall–Kier alpha value is -2.77. The van der Waals surface area contributed by atoms with Crippen molar-refractivity contribution in [2.75, 3.05) is 32.6 Å². The fraction of sp³-hybridized carbons (Fsp3) is 0.571. The third kappa shape index (κ3) is 5.62. The van der Waals surface area contributed by atoms with Gasteiger partial charge >= 0.3 is 0 Å². The van der Waals surface area contributed by atoms with Crippen molar-refractivity contribution in [1.29, 1.82) is 0 Å². The first-order valence-corrected chi connectivity index (χ1v) is 10.4. The topological polar surface area (TPSA) is 85.6 Å². The molecule has 8 heteroatoms. The molecule has 2 heterocycles. The van der Waals surface area contributed by atoms with Gasteiger partial charge in [-0.1, -0.05) is 6.42 Å². The Labute approximate surface area is 172 Å². The second-order valence-corrected chi connectivity index (χ2v) is 7.05. The number of benzene rings is 1. The third-order valence-corrected chi connectivity index (χ3v) is 5.01. The minimum atomic E-state index is 0.681. The summed E-state index contributed by atoms with van der Waals surface area (Å²) in [4.78, 5) is 4.70. The van der Waals surface area contributed by atoms with E-state index in [1.807, 2.05) is 18.2 Å². The predicted octanol–water partition coefficient (Wildman–Crippen LogP) is 3.03. The molecule has 1 aromatic heterocycles. The number of fused-ring (bicyclic) bond motifs is 1. The smallest absolute Gasteiger partial charge is 0.195 e. The van der Waals surface area contributed by atoms with Gasteiger partial charge in [0.05, 0.1) is 14.2 Å². The summed E-state index contributed by atoms with van der Waals surface area (Å²) in [5, 5.41) is 15.4. The van der Waals surface area contributed by atoms with E-state index in [0.29, 0.717) is 18.0 Å². The molecule has 29 heavy (non-hydrogen) atoms. The van der Waals surface area contributed by atoms with Crippen molar-refractivity contribution in [2.24, 2.45) is 4.99 Å². The number of rotatable bonds is 8. The average molecular weight is 401 g/mol. The number of hydrogen-bond acceptors (Lipinski definition) is 5. The molecule has 0 aliphatic carbocycles. The summed E-state index contributed by atoms with van der Waals surface area (Å²) in [6.45, 7) is 4.60. The number of nitrogens with one attached hydrogen (secondary N) is 2. The van der Waals surface area contributed by atoms with Gasteiger partial charge in [-0.05, 0) is 38.3 Å². The molecule has 0 atom stereocenters. The number of aryl methyl sites for hydroxylation is 2. The van der Waals surface area contributed by atoms with E-state index in [9.17, 15) is 0 Å². The number of aliphatic imine (C=N–C) groups is 1. The van der Waals surface area contributed by atoms with Crippen molar-refractivity contribution >= 4 is 11.6 Å². The number of nitrogens with zero attached hydrogens (tertiary/aromatic N) is 4. The molecule has 0 spiro atoms. The number of methoxy groups -OCH3 is 2. The number of hydrogen-bond donors (Lipinski definition) is 2. The molecule has 0 radical (unpaired) electrons. The molecule has 0 saturated carbocycles. The van der Waals surface area contributed by atoms with Gasteiger partial charge in [-0.25, -0.2) is 0 Å². The molecule has 1 aliphatic heterocycles. The first-order chi connectivity index (χ1) is 14.2. The largest absolute Gasteiger partial charge is 0.493 e. The first kappa shape index (κ1) is 21.0. The Morgan fingerprint density at radius 3 is 2.79 bits per heavy atom. The average Bonchev–Trinajstić information content (AvgIpc) is 2.96. The van der Waals surface area contributed by atoms with E-state index in [1.54, 1.807) is 14.2 Å². The molecule has 158 valence electrons. The lowest BCUT2D eigenvalue weighted by Crippen LogP contribution is -2.30. The number of ether oxygens (including phenoxy) is 2. The van der Waals surface area contributed by atoms with Crippen molar-refractivity contribution in [3.63, 3.8) is 0 Å². The lowest BCUT2D eigenvalue weighted by Gasteiger charge is -2.14. The molecule has 2 aromatic rings. The number of aromatic nitrogens is 3. The van der Waals surface area contributed by atoms with Gasteiger partial charge in [-0.15, -0.1) is 10.2 Å². The molecule has 8 nitrogen and oxygen atoms in total. The van der Waals surface area contributed by atoms with Crippen LogP contribution < -0.4 is 20.1 Å². The fourth-order valence-electron chi connectivity index (χ4n) is 3.52. The Kier molecular flexibility index (Phi) is 7.72. The third-order valence-electron chi connectivity index (χ3n) is 5.01. The van der Waals surface area contributed by atoms with Crippen LogP contribution in [0.15, 0.2) is 23.2 Å². The summed E-state index contributed by atoms with van der Waals surface area (Å²) in [7, 11) is 3.26. The minimum Gasteiger partial charge on any atom is -0.493 e. The van der Waals surface area contributed by atoms with Gasteiger partial charge in [0.1, 0.15) is 11.6 Å². The van der Waals surface area contributed by atoms with Crippen LogP contribution in [0.4, 0.5) is 5.69 Å². The highest BCUT2D eigenvalue weighted by Crippen LogP contribution is 2.29. The van der Waals surface area contributed by atoms with Crippen LogP contribution in [0, 0.1) is 0 Å². The molecule has 0 saturated heterocycles. The van der Waals surface area contributed by atoms with Crippen LogP contribution in [0.2, 0.25) is 0 Å². The molecular formula is C21H32N6O2. The van der Waals surface area contributed by atoms with Gasteiger partial charge in [0.25, 0.3) is 0 Å². The summed E-state index contributed by atoms with van der Waals surface area (Å²) in [5.41, 5.74) is 0.894. The second kappa shape index (κ2) is 10.7. The lowest BCUT2D eigenvalue weighted by molar-refractivity contribution is 0.355. The fourth-order valence-corrected chi connectivity index (χ4v) is 3.52. The summed E-state index contributed by atoms with van der Waals surface area (Å²) < 4.78 is 13.0. The van der Waals surface area contributed by atoms with Crippen molar-refractivity contribution in [3.05, 3.63) is 29.8 Å². The molecule has 0 bridgehead atoms. The monoisotopic (exact) mass is 400 g/mol. The predicted molar refractivity (Wildman–Crippen MR) is 115 cm³/mol. The zero-order valence-electron chi connectivity index (χ0n) is 17.7. The van der Waals surface area contributed by atoms with Crippen LogP contribution in [-0.2, 0) is 19.4 Å². The quantitative estimate of drug-likeness (QED) is 0.402. The van der Waals surface area contributed by atoms with Crippen molar-refractivity contribution in [2.45, 2.75) is 52.0 Å². The highest BCUT2D eigenvalue weighted by Gasteiger charge is 2.14. The highest BCUT2D eigenvalue weighted by atomic mass is 16.5. The van der Waals surface area contributed by atoms with Crippen molar-refractivity contribution in [3.8, 4) is 11.5 Å². The number of guanidine groups is 1. The Morgan fingerprint density at radius 1 is 1.14 bits per heavy atom. The summed E-state index contributed by atoms with van der Waals surface area (Å²) in [6.07, 6.45) is 6.59. The molecular weight excluding hydrogens is 368 g/mol. The molecule has 1 aliphatic rings. The van der Waals surface area contributed by atoms with Crippen LogP contribution in [0.3, 0.4) is 0 Å². The van der Waals surface area contributed by atoms with Gasteiger partial charge in [0, 0.05) is 44.2 Å². The minimum absolute atomic E-state index is 0.681. The molecule has 1 aromatic carbocycles. The van der Waals surface area contributed by atoms with Crippen molar-refractivity contribution in [1.82, 2.24) is 20.1 Å². The van der Waals surface area contributed by atoms with Gasteiger partial charge in [-0.3, -0.25) is 4.99 Å². The maximum absolute atomic E-state index is 5.37. The van der Waals surface area contributed by atoms with Gasteiger partial charge in [0.15, 0.2) is 17.5 Å². The van der Waals surface area contributed by atoms with Gasteiger partial charge < -0.3 is 24.7 Å². The Morgan fingerprint density at radius 2 is 2.00 bits per heavy atom. The summed E-state index contributed by atoms with van der Waals surface area (Å²) in [6, 6.07) is 5.72. The molecule has 0 fully saturated rings. The van der Waals surface area contributed by atoms with Crippen LogP contribution in [-0.4, -0.2) is 48.0 Å². The van der Waals surface area contributed by atoms with E-state index in [-0.39, 0.29) is 0 Å². The van der Waals surface area contributed by atoms with E-state index >= 15 is 0 Å². The second-order valence-electron chi connectivity index (χ2n) is 7.05. The normalized spacial score (nSPS) is 14.1. The zero-order valence-corrected chi connectivity index (χ0v) is 17.7. The van der Waals surface area contributed by atoms with Gasteiger partial charge in [0.2, 0.25) is 0 Å². The maximum Gasteiger partial charge on any atom is 0.195 e. The summed E-state index contributed by atoms with van der Waals surface area (Å²) in [5.74, 6) is 4.37. The van der Waals surface area contributed by atoms with Crippen LogP contribution in [0.5, 0.6) is 11.5 Å². The van der Waals surface area contributed by atoms with E-state index in [1.165, 1.54) is 19.3 Å². The lowest BCUT2D eigenvalue weighted by atomic mass is 10.2. The Balaban J connectivity index is 1.58. The molecule has 3 rings (SSSR count).